The molecule has 3 heteroatoms. The summed E-state index contributed by atoms with van der Waals surface area (Å²) in [6, 6.07) is -0.00508. The lowest BCUT2D eigenvalue weighted by atomic mass is 9.78. The Morgan fingerprint density at radius 3 is 2.25 bits per heavy atom. The van der Waals surface area contributed by atoms with Crippen molar-refractivity contribution in [3.8, 4) is 0 Å². The number of carbonyl (C=O) groups excluding carboxylic acids is 1. The fourth-order valence-corrected chi connectivity index (χ4v) is 2.13. The molecule has 1 aliphatic rings. The van der Waals surface area contributed by atoms with Crippen LogP contribution in [0.2, 0.25) is 0 Å². The average Bonchev–Trinajstić information content (AvgIpc) is 2.60. The Morgan fingerprint density at radius 1 is 1.31 bits per heavy atom. The fourth-order valence-electron chi connectivity index (χ4n) is 2.13. The minimum atomic E-state index is -0.00508. The molecule has 1 amide bonds. The van der Waals surface area contributed by atoms with E-state index in [4.69, 9.17) is 0 Å². The zero-order valence-electron chi connectivity index (χ0n) is 11.6. The third-order valence-electron chi connectivity index (χ3n) is 4.34. The van der Waals surface area contributed by atoms with Crippen LogP contribution < -0.4 is 0 Å². The van der Waals surface area contributed by atoms with E-state index in [-0.39, 0.29) is 11.9 Å². The van der Waals surface area contributed by atoms with Gasteiger partial charge in [-0.2, -0.15) is 0 Å². The Labute approximate surface area is 99.8 Å². The van der Waals surface area contributed by atoms with Crippen LogP contribution in [0.15, 0.2) is 0 Å². The Morgan fingerprint density at radius 2 is 1.88 bits per heavy atom. The lowest BCUT2D eigenvalue weighted by molar-refractivity contribution is -0.134. The maximum absolute atomic E-state index is 12.2. The first-order valence-electron chi connectivity index (χ1n) is 6.23. The normalized spacial score (nSPS) is 27.9. The van der Waals surface area contributed by atoms with Gasteiger partial charge in [0.2, 0.25) is 5.91 Å². The van der Waals surface area contributed by atoms with E-state index < -0.39 is 0 Å². The highest BCUT2D eigenvalue weighted by molar-refractivity contribution is 5.81. The van der Waals surface area contributed by atoms with Crippen LogP contribution >= 0.6 is 0 Å². The van der Waals surface area contributed by atoms with Crippen LogP contribution in [0.5, 0.6) is 0 Å². The van der Waals surface area contributed by atoms with Crippen LogP contribution in [0.1, 0.15) is 34.1 Å². The van der Waals surface area contributed by atoms with Crippen molar-refractivity contribution in [1.29, 1.82) is 0 Å². The molecule has 2 atom stereocenters. The third-order valence-corrected chi connectivity index (χ3v) is 4.34. The van der Waals surface area contributed by atoms with Crippen LogP contribution in [-0.4, -0.2) is 48.9 Å². The highest BCUT2D eigenvalue weighted by Crippen LogP contribution is 2.37. The van der Waals surface area contributed by atoms with Gasteiger partial charge >= 0.3 is 0 Å². The van der Waals surface area contributed by atoms with Crippen LogP contribution in [0.25, 0.3) is 0 Å². The van der Waals surface area contributed by atoms with E-state index in [0.29, 0.717) is 11.3 Å². The van der Waals surface area contributed by atoms with E-state index in [1.807, 2.05) is 30.8 Å². The Kier molecular flexibility index (Phi) is 4.00. The topological polar surface area (TPSA) is 23.6 Å². The molecule has 16 heavy (non-hydrogen) atoms. The van der Waals surface area contributed by atoms with Crippen molar-refractivity contribution < 1.29 is 4.79 Å². The van der Waals surface area contributed by atoms with E-state index in [2.05, 4.69) is 20.8 Å². The standard InChI is InChI=1S/C13H26N2O/c1-10(2)13(4)7-8-15(9-13)12(16)11(3)14(5)6/h10-11H,7-9H2,1-6H3/t11-,13+/m1/s1. The number of amides is 1. The molecule has 1 rings (SSSR count). The van der Waals surface area contributed by atoms with Gasteiger partial charge in [-0.15, -0.1) is 0 Å². The lowest BCUT2D eigenvalue weighted by Gasteiger charge is -2.30. The molecule has 0 bridgehead atoms. The summed E-state index contributed by atoms with van der Waals surface area (Å²) in [7, 11) is 3.92. The second-order valence-corrected chi connectivity index (χ2v) is 5.96. The van der Waals surface area contributed by atoms with Gasteiger partial charge in [0, 0.05) is 13.1 Å². The zero-order chi connectivity index (χ0) is 12.5. The molecule has 0 spiro atoms. The zero-order valence-corrected chi connectivity index (χ0v) is 11.6. The van der Waals surface area contributed by atoms with Gasteiger partial charge in [0.25, 0.3) is 0 Å². The van der Waals surface area contributed by atoms with E-state index in [1.165, 1.54) is 0 Å². The molecule has 0 aromatic carbocycles. The summed E-state index contributed by atoms with van der Waals surface area (Å²) >= 11 is 0. The molecule has 0 aromatic rings. The number of likely N-dealkylation sites (tertiary alicyclic amines) is 1. The molecule has 0 aromatic heterocycles. The molecule has 0 radical (unpaired) electrons. The SMILES string of the molecule is CC(C)[C@@]1(C)CCN(C(=O)[C@@H](C)N(C)C)C1. The minimum Gasteiger partial charge on any atom is -0.341 e. The predicted octanol–water partition coefficient (Wildman–Crippen LogP) is 1.83. The van der Waals surface area contributed by atoms with Crippen molar-refractivity contribution in [2.45, 2.75) is 40.2 Å². The summed E-state index contributed by atoms with van der Waals surface area (Å²) in [6.45, 7) is 10.6. The number of hydrogen-bond acceptors (Lipinski definition) is 2. The lowest BCUT2D eigenvalue weighted by Crippen LogP contribution is -2.44. The van der Waals surface area contributed by atoms with Crippen molar-refractivity contribution in [2.75, 3.05) is 27.2 Å². The molecule has 1 saturated heterocycles. The molecular weight excluding hydrogens is 200 g/mol. The molecule has 1 heterocycles. The molecule has 1 fully saturated rings. The largest absolute Gasteiger partial charge is 0.341 e. The number of rotatable bonds is 3. The van der Waals surface area contributed by atoms with E-state index in [1.54, 1.807) is 0 Å². The Bertz CT molecular complexity index is 263. The third kappa shape index (κ3) is 2.57. The molecule has 94 valence electrons. The molecule has 1 aliphatic heterocycles. The van der Waals surface area contributed by atoms with E-state index in [9.17, 15) is 4.79 Å². The number of hydrogen-bond donors (Lipinski definition) is 0. The van der Waals surface area contributed by atoms with Crippen molar-refractivity contribution in [3.05, 3.63) is 0 Å². The average molecular weight is 226 g/mol. The maximum atomic E-state index is 12.2. The van der Waals surface area contributed by atoms with Crippen LogP contribution in [0.3, 0.4) is 0 Å². The smallest absolute Gasteiger partial charge is 0.239 e. The Balaban J connectivity index is 2.63. The first kappa shape index (κ1) is 13.5. The summed E-state index contributed by atoms with van der Waals surface area (Å²) in [5.41, 5.74) is 0.307. The first-order valence-corrected chi connectivity index (χ1v) is 6.23. The van der Waals surface area contributed by atoms with Gasteiger partial charge in [0.05, 0.1) is 6.04 Å². The fraction of sp³-hybridized carbons (Fsp3) is 0.923. The van der Waals surface area contributed by atoms with Gasteiger partial charge in [-0.3, -0.25) is 9.69 Å². The van der Waals surface area contributed by atoms with Gasteiger partial charge in [-0.25, -0.2) is 0 Å². The highest BCUT2D eigenvalue weighted by Gasteiger charge is 2.39. The summed E-state index contributed by atoms with van der Waals surface area (Å²) in [4.78, 5) is 16.2. The van der Waals surface area contributed by atoms with E-state index >= 15 is 0 Å². The summed E-state index contributed by atoms with van der Waals surface area (Å²) in [6.07, 6.45) is 1.14. The van der Waals surface area contributed by atoms with Crippen molar-refractivity contribution in [1.82, 2.24) is 9.80 Å². The summed E-state index contributed by atoms with van der Waals surface area (Å²) in [5.74, 6) is 0.911. The van der Waals surface area contributed by atoms with Crippen LogP contribution in [0.4, 0.5) is 0 Å². The quantitative estimate of drug-likeness (QED) is 0.733. The number of nitrogens with zero attached hydrogens (tertiary/aromatic N) is 2. The highest BCUT2D eigenvalue weighted by atomic mass is 16.2. The molecule has 0 N–H and O–H groups in total. The van der Waals surface area contributed by atoms with E-state index in [0.717, 1.165) is 19.5 Å². The molecule has 0 saturated carbocycles. The van der Waals surface area contributed by atoms with Gasteiger partial charge < -0.3 is 4.90 Å². The minimum absolute atomic E-state index is 0.00508. The Hall–Kier alpha value is -0.570. The first-order chi connectivity index (χ1) is 7.28. The van der Waals surface area contributed by atoms with Crippen LogP contribution in [-0.2, 0) is 4.79 Å². The van der Waals surface area contributed by atoms with Crippen molar-refractivity contribution >= 4 is 5.91 Å². The monoisotopic (exact) mass is 226 g/mol. The number of carbonyl (C=O) groups is 1. The van der Waals surface area contributed by atoms with Gasteiger partial charge in [-0.05, 0) is 38.8 Å². The molecule has 3 nitrogen and oxygen atoms in total. The van der Waals surface area contributed by atoms with Crippen molar-refractivity contribution in [3.63, 3.8) is 0 Å². The van der Waals surface area contributed by atoms with Gasteiger partial charge in [0.15, 0.2) is 0 Å². The van der Waals surface area contributed by atoms with Gasteiger partial charge in [-0.1, -0.05) is 20.8 Å². The van der Waals surface area contributed by atoms with Gasteiger partial charge in [0.1, 0.15) is 0 Å². The maximum Gasteiger partial charge on any atom is 0.239 e. The summed E-state index contributed by atoms with van der Waals surface area (Å²) < 4.78 is 0. The molecular formula is C13H26N2O. The predicted molar refractivity (Wildman–Crippen MR) is 67.3 cm³/mol. The van der Waals surface area contributed by atoms with Crippen LogP contribution in [0, 0.1) is 11.3 Å². The second-order valence-electron chi connectivity index (χ2n) is 5.96. The second kappa shape index (κ2) is 4.74. The molecule has 0 unspecified atom stereocenters. The summed E-state index contributed by atoms with van der Waals surface area (Å²) in [5, 5.41) is 0. The number of likely N-dealkylation sites (N-methyl/N-ethyl adjacent to an activating group) is 1. The molecule has 0 aliphatic carbocycles. The van der Waals surface area contributed by atoms with Crippen molar-refractivity contribution in [2.24, 2.45) is 11.3 Å².